The van der Waals surface area contributed by atoms with Gasteiger partial charge in [-0.25, -0.2) is 17.6 Å². The second kappa shape index (κ2) is 6.42. The van der Waals surface area contributed by atoms with Gasteiger partial charge in [0.15, 0.2) is 23.3 Å². The number of nitrogens with zero attached hydrogens (tertiary/aromatic N) is 2. The smallest absolute Gasteiger partial charge is 0.208 e. The van der Waals surface area contributed by atoms with Crippen LogP contribution >= 0.6 is 0 Å². The Kier molecular flexibility index (Phi) is 4.07. The fourth-order valence-electron chi connectivity index (χ4n) is 3.10. The molecule has 0 saturated carbocycles. The first-order valence-electron chi connectivity index (χ1n) is 8.10. The Bertz CT molecular complexity index is 1220. The molecule has 7 heteroatoms. The van der Waals surface area contributed by atoms with Gasteiger partial charge in [0.25, 0.3) is 0 Å². The molecule has 4 aromatic rings. The lowest BCUT2D eigenvalue weighted by Crippen LogP contribution is -2.24. The number of para-hydroxylation sites is 2. The van der Waals surface area contributed by atoms with Gasteiger partial charge >= 0.3 is 0 Å². The van der Waals surface area contributed by atoms with Crippen molar-refractivity contribution in [3.8, 4) is 5.69 Å². The predicted octanol–water partition coefficient (Wildman–Crippen LogP) is 4.52. The zero-order valence-corrected chi connectivity index (χ0v) is 13.9. The third-order valence-corrected chi connectivity index (χ3v) is 4.37. The molecule has 0 aliphatic carbocycles. The average molecular weight is 371 g/mol. The summed E-state index contributed by atoms with van der Waals surface area (Å²) < 4.78 is 56.8. The molecule has 0 atom stereocenters. The van der Waals surface area contributed by atoms with E-state index in [1.165, 1.54) is 16.7 Å². The maximum Gasteiger partial charge on any atom is 0.208 e. The number of rotatable bonds is 3. The third kappa shape index (κ3) is 2.91. The van der Waals surface area contributed by atoms with Gasteiger partial charge in [-0.1, -0.05) is 18.2 Å². The van der Waals surface area contributed by atoms with Gasteiger partial charge in [0.1, 0.15) is 0 Å². The molecular weight excluding hydrogens is 358 g/mol. The highest BCUT2D eigenvalue weighted by molar-refractivity contribution is 5.78. The zero-order valence-electron chi connectivity index (χ0n) is 13.9. The van der Waals surface area contributed by atoms with Crippen LogP contribution in [0.15, 0.2) is 60.7 Å². The second-order valence-electron chi connectivity index (χ2n) is 6.08. The van der Waals surface area contributed by atoms with Gasteiger partial charge in [-0.3, -0.25) is 9.98 Å². The number of benzene rings is 3. The third-order valence-electron chi connectivity index (χ3n) is 4.37. The lowest BCUT2D eigenvalue weighted by molar-refractivity contribution is 0.506. The van der Waals surface area contributed by atoms with Crippen LogP contribution in [-0.2, 0) is 6.54 Å². The van der Waals surface area contributed by atoms with Crippen molar-refractivity contribution in [3.63, 3.8) is 0 Å². The molecule has 3 nitrogen and oxygen atoms in total. The lowest BCUT2D eigenvalue weighted by atomic mass is 10.2. The largest absolute Gasteiger partial charge is 0.306 e. The molecule has 3 aromatic carbocycles. The molecule has 27 heavy (non-hydrogen) atoms. The van der Waals surface area contributed by atoms with Crippen molar-refractivity contribution in [1.82, 2.24) is 9.13 Å². The van der Waals surface area contributed by atoms with Gasteiger partial charge in [0, 0.05) is 6.07 Å². The highest BCUT2D eigenvalue weighted by Gasteiger charge is 2.14. The molecule has 136 valence electrons. The fraction of sp³-hybridized carbons (Fsp3) is 0.0500. The van der Waals surface area contributed by atoms with Crippen molar-refractivity contribution in [1.29, 1.82) is 5.41 Å². The minimum absolute atomic E-state index is 0.00746. The summed E-state index contributed by atoms with van der Waals surface area (Å²) in [5, 5.41) is 8.52. The van der Waals surface area contributed by atoms with E-state index in [-0.39, 0.29) is 12.2 Å². The van der Waals surface area contributed by atoms with Gasteiger partial charge in [-0.15, -0.1) is 0 Å². The van der Waals surface area contributed by atoms with Crippen LogP contribution in [0.25, 0.3) is 16.7 Å². The van der Waals surface area contributed by atoms with Gasteiger partial charge in [0.2, 0.25) is 5.62 Å². The van der Waals surface area contributed by atoms with E-state index in [0.29, 0.717) is 22.3 Å². The molecule has 0 unspecified atom stereocenters. The summed E-state index contributed by atoms with van der Waals surface area (Å²) in [7, 11) is 0. The molecule has 0 bridgehead atoms. The zero-order chi connectivity index (χ0) is 19.1. The maximum atomic E-state index is 13.7. The molecule has 4 rings (SSSR count). The minimum Gasteiger partial charge on any atom is -0.306 e. The Morgan fingerprint density at radius 1 is 0.704 bits per heavy atom. The number of hydrogen-bond donors (Lipinski definition) is 1. The number of halogens is 4. The molecule has 0 aliphatic heterocycles. The Morgan fingerprint density at radius 3 is 2.00 bits per heavy atom. The number of aromatic nitrogens is 2. The van der Waals surface area contributed by atoms with E-state index >= 15 is 0 Å². The Morgan fingerprint density at radius 2 is 1.33 bits per heavy atom. The summed E-state index contributed by atoms with van der Waals surface area (Å²) in [6.45, 7) is 0.118. The number of fused-ring (bicyclic) bond motifs is 1. The first-order chi connectivity index (χ1) is 13.0. The molecule has 0 radical (unpaired) electrons. The van der Waals surface area contributed by atoms with Crippen LogP contribution in [-0.4, -0.2) is 9.13 Å². The first kappa shape index (κ1) is 17.1. The number of hydrogen-bond acceptors (Lipinski definition) is 1. The predicted molar refractivity (Wildman–Crippen MR) is 92.5 cm³/mol. The first-order valence-corrected chi connectivity index (χ1v) is 8.10. The molecule has 1 aromatic heterocycles. The summed E-state index contributed by atoms with van der Waals surface area (Å²) in [6.07, 6.45) is 0. The van der Waals surface area contributed by atoms with E-state index < -0.39 is 23.3 Å². The van der Waals surface area contributed by atoms with Crippen molar-refractivity contribution in [2.24, 2.45) is 0 Å². The SMILES string of the molecule is N=c1n(Cc2ccc(F)c(F)c2)c2ccccc2n1-c1ccc(F)c(F)c1. The van der Waals surface area contributed by atoms with Gasteiger partial charge < -0.3 is 4.57 Å². The van der Waals surface area contributed by atoms with Crippen LogP contribution in [0.1, 0.15) is 5.56 Å². The van der Waals surface area contributed by atoms with Crippen LogP contribution in [0.4, 0.5) is 17.6 Å². The van der Waals surface area contributed by atoms with Crippen molar-refractivity contribution >= 4 is 11.0 Å². The van der Waals surface area contributed by atoms with Crippen LogP contribution < -0.4 is 5.62 Å². The summed E-state index contributed by atoms with van der Waals surface area (Å²) >= 11 is 0. The lowest BCUT2D eigenvalue weighted by Gasteiger charge is -2.06. The number of imidazole rings is 1. The minimum atomic E-state index is -1.02. The summed E-state index contributed by atoms with van der Waals surface area (Å²) in [5.74, 6) is -3.91. The van der Waals surface area contributed by atoms with E-state index in [1.807, 2.05) is 0 Å². The van der Waals surface area contributed by atoms with Crippen molar-refractivity contribution < 1.29 is 17.6 Å². The fourth-order valence-corrected chi connectivity index (χ4v) is 3.10. The highest BCUT2D eigenvalue weighted by Crippen LogP contribution is 2.20. The molecule has 0 amide bonds. The summed E-state index contributed by atoms with van der Waals surface area (Å²) in [4.78, 5) is 0. The normalized spacial score (nSPS) is 11.3. The maximum absolute atomic E-state index is 13.7. The van der Waals surface area contributed by atoms with E-state index in [4.69, 9.17) is 5.41 Å². The Balaban J connectivity index is 1.91. The van der Waals surface area contributed by atoms with Gasteiger partial charge in [-0.05, 0) is 42.0 Å². The van der Waals surface area contributed by atoms with E-state index in [9.17, 15) is 17.6 Å². The van der Waals surface area contributed by atoms with E-state index in [1.54, 1.807) is 28.8 Å². The van der Waals surface area contributed by atoms with Gasteiger partial charge in [-0.2, -0.15) is 0 Å². The van der Waals surface area contributed by atoms with E-state index in [2.05, 4.69) is 0 Å². The molecule has 1 heterocycles. The quantitative estimate of drug-likeness (QED) is 0.514. The van der Waals surface area contributed by atoms with Crippen LogP contribution in [0.2, 0.25) is 0 Å². The van der Waals surface area contributed by atoms with Crippen LogP contribution in [0.3, 0.4) is 0 Å². The molecule has 1 N–H and O–H groups in total. The molecule has 0 saturated heterocycles. The molecule has 0 fully saturated rings. The van der Waals surface area contributed by atoms with E-state index in [0.717, 1.165) is 24.3 Å². The molecule has 0 spiro atoms. The van der Waals surface area contributed by atoms with Gasteiger partial charge in [0.05, 0.1) is 23.3 Å². The Labute approximate surface area is 151 Å². The van der Waals surface area contributed by atoms with Crippen molar-refractivity contribution in [2.45, 2.75) is 6.54 Å². The van der Waals surface area contributed by atoms with Crippen LogP contribution in [0, 0.1) is 28.7 Å². The molecule has 0 aliphatic rings. The topological polar surface area (TPSA) is 33.7 Å². The second-order valence-corrected chi connectivity index (χ2v) is 6.08. The summed E-state index contributed by atoms with van der Waals surface area (Å²) in [5.41, 5.74) is 2.01. The highest BCUT2D eigenvalue weighted by atomic mass is 19.2. The number of nitrogens with one attached hydrogen (secondary N) is 1. The average Bonchev–Trinajstić information content (AvgIpc) is 2.93. The molecular formula is C20H13F4N3. The Hall–Kier alpha value is -3.35. The standard InChI is InChI=1S/C20H13F4N3/c21-14-7-5-12(9-16(14)23)11-26-18-3-1-2-4-19(18)27(20(26)25)13-6-8-15(22)17(24)10-13/h1-10,25H,11H2. The van der Waals surface area contributed by atoms with Crippen LogP contribution in [0.5, 0.6) is 0 Å². The van der Waals surface area contributed by atoms with Crippen molar-refractivity contribution in [2.75, 3.05) is 0 Å². The van der Waals surface area contributed by atoms with Crippen molar-refractivity contribution in [3.05, 3.63) is 95.1 Å². The monoisotopic (exact) mass is 371 g/mol. The summed E-state index contributed by atoms with van der Waals surface area (Å²) in [6, 6.07) is 14.0.